The van der Waals surface area contributed by atoms with E-state index >= 15 is 0 Å². The normalized spacial score (nSPS) is 11.1. The molecule has 0 bridgehead atoms. The predicted octanol–water partition coefficient (Wildman–Crippen LogP) is 3.02. The lowest BCUT2D eigenvalue weighted by Crippen LogP contribution is -2.26. The van der Waals surface area contributed by atoms with Crippen LogP contribution in [0.4, 0.5) is 0 Å². The minimum atomic E-state index is -0.119. The Morgan fingerprint density at radius 3 is 2.50 bits per heavy atom. The first-order chi connectivity index (χ1) is 13.5. The average Bonchev–Trinajstić information content (AvgIpc) is 3.26. The van der Waals surface area contributed by atoms with Crippen LogP contribution in [0.5, 0.6) is 0 Å². The second-order valence-electron chi connectivity index (χ2n) is 7.03. The highest BCUT2D eigenvalue weighted by molar-refractivity contribution is 5.99. The molecule has 7 nitrogen and oxygen atoms in total. The lowest BCUT2D eigenvalue weighted by molar-refractivity contribution is 0.0786. The zero-order valence-corrected chi connectivity index (χ0v) is 16.4. The van der Waals surface area contributed by atoms with Gasteiger partial charge in [0.15, 0.2) is 5.65 Å². The minimum absolute atomic E-state index is 0.119. The molecule has 0 atom stereocenters. The van der Waals surface area contributed by atoms with Crippen LogP contribution in [0.2, 0.25) is 0 Å². The van der Waals surface area contributed by atoms with Gasteiger partial charge < -0.3 is 4.90 Å². The van der Waals surface area contributed by atoms with Crippen LogP contribution in [-0.2, 0) is 13.6 Å². The Kier molecular flexibility index (Phi) is 4.43. The highest BCUT2D eigenvalue weighted by Gasteiger charge is 2.20. The molecule has 7 heteroatoms. The Balaban J connectivity index is 1.67. The molecule has 4 aromatic rings. The molecule has 0 aliphatic heterocycles. The maximum absolute atomic E-state index is 13.0. The van der Waals surface area contributed by atoms with E-state index in [0.29, 0.717) is 17.8 Å². The second kappa shape index (κ2) is 6.92. The van der Waals surface area contributed by atoms with Gasteiger partial charge in [0.1, 0.15) is 5.56 Å². The van der Waals surface area contributed by atoms with Crippen molar-refractivity contribution in [1.29, 1.82) is 0 Å². The fourth-order valence-corrected chi connectivity index (χ4v) is 3.22. The van der Waals surface area contributed by atoms with E-state index in [9.17, 15) is 4.79 Å². The smallest absolute Gasteiger partial charge is 0.259 e. The van der Waals surface area contributed by atoms with Gasteiger partial charge in [-0.1, -0.05) is 29.8 Å². The molecule has 4 rings (SSSR count). The Morgan fingerprint density at radius 1 is 1.07 bits per heavy atom. The minimum Gasteiger partial charge on any atom is -0.337 e. The number of carbonyl (C=O) groups excluding carboxylic acids is 1. The summed E-state index contributed by atoms with van der Waals surface area (Å²) in [5.41, 5.74) is 6.21. The van der Waals surface area contributed by atoms with Gasteiger partial charge in [-0.05, 0) is 19.9 Å². The summed E-state index contributed by atoms with van der Waals surface area (Å²) < 4.78 is 3.53. The van der Waals surface area contributed by atoms with Crippen LogP contribution in [0.3, 0.4) is 0 Å². The summed E-state index contributed by atoms with van der Waals surface area (Å²) in [6.45, 7) is 4.52. The van der Waals surface area contributed by atoms with Gasteiger partial charge in [-0.3, -0.25) is 9.48 Å². The van der Waals surface area contributed by atoms with Crippen LogP contribution < -0.4 is 0 Å². The fourth-order valence-electron chi connectivity index (χ4n) is 3.22. The number of carbonyl (C=O) groups is 1. The summed E-state index contributed by atoms with van der Waals surface area (Å²) in [4.78, 5) is 19.1. The van der Waals surface area contributed by atoms with Gasteiger partial charge in [0.25, 0.3) is 5.91 Å². The molecule has 0 saturated heterocycles. The molecule has 3 aromatic heterocycles. The van der Waals surface area contributed by atoms with Gasteiger partial charge in [0, 0.05) is 43.7 Å². The van der Waals surface area contributed by atoms with Crippen molar-refractivity contribution in [2.75, 3.05) is 7.05 Å². The summed E-state index contributed by atoms with van der Waals surface area (Å²) in [5, 5.41) is 8.68. The zero-order valence-electron chi connectivity index (χ0n) is 16.4. The summed E-state index contributed by atoms with van der Waals surface area (Å²) in [6, 6.07) is 10.1. The van der Waals surface area contributed by atoms with E-state index in [-0.39, 0.29) is 5.91 Å². The quantitative estimate of drug-likeness (QED) is 0.551. The van der Waals surface area contributed by atoms with Gasteiger partial charge in [0.05, 0.1) is 18.1 Å². The molecular weight excluding hydrogens is 352 g/mol. The Labute approximate surface area is 163 Å². The standard InChI is InChI=1S/C21H22N6O/c1-14-5-7-16(8-6-14)19-9-10-22-20-18(12-24-27(19)20)21(28)25(3)13-17-11-23-26(4)15(17)2/h5-12H,13H2,1-4H3. The molecule has 0 saturated carbocycles. The average molecular weight is 374 g/mol. The molecule has 1 aromatic carbocycles. The highest BCUT2D eigenvalue weighted by Crippen LogP contribution is 2.22. The molecule has 0 fully saturated rings. The number of rotatable bonds is 4. The zero-order chi connectivity index (χ0) is 19.8. The Morgan fingerprint density at radius 2 is 1.82 bits per heavy atom. The fraction of sp³-hybridized carbons (Fsp3) is 0.238. The molecule has 28 heavy (non-hydrogen) atoms. The molecule has 1 amide bonds. The molecule has 3 heterocycles. The molecule has 0 aliphatic carbocycles. The monoisotopic (exact) mass is 374 g/mol. The first-order valence-corrected chi connectivity index (χ1v) is 9.08. The number of amides is 1. The van der Waals surface area contributed by atoms with Gasteiger partial charge in [-0.15, -0.1) is 0 Å². The maximum Gasteiger partial charge on any atom is 0.259 e. The van der Waals surface area contributed by atoms with E-state index in [2.05, 4.69) is 34.2 Å². The van der Waals surface area contributed by atoms with E-state index in [4.69, 9.17) is 0 Å². The van der Waals surface area contributed by atoms with Crippen LogP contribution in [0.25, 0.3) is 16.9 Å². The molecule has 0 radical (unpaired) electrons. The van der Waals surface area contributed by atoms with E-state index in [1.807, 2.05) is 32.2 Å². The van der Waals surface area contributed by atoms with E-state index in [1.165, 1.54) is 5.56 Å². The third-order valence-corrected chi connectivity index (χ3v) is 5.07. The predicted molar refractivity (Wildman–Crippen MR) is 107 cm³/mol. The van der Waals surface area contributed by atoms with Crippen LogP contribution in [0.1, 0.15) is 27.2 Å². The lowest BCUT2D eigenvalue weighted by atomic mass is 10.1. The number of nitrogens with zero attached hydrogens (tertiary/aromatic N) is 6. The van der Waals surface area contributed by atoms with Crippen molar-refractivity contribution >= 4 is 11.6 Å². The molecular formula is C21H22N6O. The first-order valence-electron chi connectivity index (χ1n) is 9.08. The van der Waals surface area contributed by atoms with Crippen molar-refractivity contribution in [2.24, 2.45) is 7.05 Å². The van der Waals surface area contributed by atoms with Crippen molar-refractivity contribution in [3.05, 3.63) is 71.3 Å². The molecule has 0 unspecified atom stereocenters. The Hall–Kier alpha value is -3.48. The Bertz CT molecular complexity index is 1160. The van der Waals surface area contributed by atoms with E-state index in [0.717, 1.165) is 22.5 Å². The topological polar surface area (TPSA) is 68.3 Å². The third kappa shape index (κ3) is 3.05. The summed E-state index contributed by atoms with van der Waals surface area (Å²) in [5.74, 6) is -0.119. The van der Waals surface area contributed by atoms with E-state index < -0.39 is 0 Å². The summed E-state index contributed by atoms with van der Waals surface area (Å²) >= 11 is 0. The third-order valence-electron chi connectivity index (χ3n) is 5.07. The summed E-state index contributed by atoms with van der Waals surface area (Å²) in [6.07, 6.45) is 5.10. The lowest BCUT2D eigenvalue weighted by Gasteiger charge is -2.16. The van der Waals surface area contributed by atoms with Crippen LogP contribution >= 0.6 is 0 Å². The number of hydrogen-bond acceptors (Lipinski definition) is 4. The van der Waals surface area contributed by atoms with Crippen molar-refractivity contribution in [3.8, 4) is 11.3 Å². The molecule has 0 N–H and O–H groups in total. The molecule has 142 valence electrons. The highest BCUT2D eigenvalue weighted by atomic mass is 16.2. The van der Waals surface area contributed by atoms with Crippen LogP contribution in [0.15, 0.2) is 48.9 Å². The first kappa shape index (κ1) is 17.9. The van der Waals surface area contributed by atoms with Gasteiger partial charge >= 0.3 is 0 Å². The number of fused-ring (bicyclic) bond motifs is 1. The van der Waals surface area contributed by atoms with Crippen LogP contribution in [0, 0.1) is 13.8 Å². The van der Waals surface area contributed by atoms with Crippen molar-refractivity contribution in [3.63, 3.8) is 0 Å². The van der Waals surface area contributed by atoms with Crippen LogP contribution in [-0.4, -0.2) is 42.2 Å². The largest absolute Gasteiger partial charge is 0.337 e. The number of aromatic nitrogens is 5. The number of benzene rings is 1. The summed E-state index contributed by atoms with van der Waals surface area (Å²) in [7, 11) is 3.67. The van der Waals surface area contributed by atoms with Crippen molar-refractivity contribution < 1.29 is 4.79 Å². The second-order valence-corrected chi connectivity index (χ2v) is 7.03. The van der Waals surface area contributed by atoms with Crippen molar-refractivity contribution in [1.82, 2.24) is 29.3 Å². The van der Waals surface area contributed by atoms with E-state index in [1.54, 1.807) is 39.7 Å². The number of hydrogen-bond donors (Lipinski definition) is 0. The molecule has 0 spiro atoms. The van der Waals surface area contributed by atoms with Gasteiger partial charge in [0.2, 0.25) is 0 Å². The van der Waals surface area contributed by atoms with Crippen molar-refractivity contribution in [2.45, 2.75) is 20.4 Å². The van der Waals surface area contributed by atoms with Gasteiger partial charge in [-0.2, -0.15) is 10.2 Å². The SMILES string of the molecule is Cc1ccc(-c2ccnc3c(C(=O)N(C)Cc4cnn(C)c4C)cnn23)cc1. The maximum atomic E-state index is 13.0. The van der Waals surface area contributed by atoms with Gasteiger partial charge in [-0.25, -0.2) is 9.50 Å². The molecule has 0 aliphatic rings. The number of aryl methyl sites for hydroxylation is 2.